The number of nitrogens with zero attached hydrogens (tertiary/aromatic N) is 5. The van der Waals surface area contributed by atoms with Gasteiger partial charge < -0.3 is 24.0 Å². The molecule has 32 heavy (non-hydrogen) atoms. The highest BCUT2D eigenvalue weighted by Crippen LogP contribution is 2.21. The summed E-state index contributed by atoms with van der Waals surface area (Å²) in [5, 5.41) is 10.8. The fourth-order valence-corrected chi connectivity index (χ4v) is 3.89. The fourth-order valence-electron chi connectivity index (χ4n) is 3.89. The summed E-state index contributed by atoms with van der Waals surface area (Å²) in [5.74, 6) is 1.21. The summed E-state index contributed by atoms with van der Waals surface area (Å²) in [6.07, 6.45) is 0.0539. The Morgan fingerprint density at radius 3 is 2.47 bits per heavy atom. The number of aliphatic hydroxyl groups excluding tert-OH is 1. The van der Waals surface area contributed by atoms with E-state index in [1.54, 1.807) is 11.6 Å². The number of aryl methyl sites for hydroxylation is 2. The maximum Gasteiger partial charge on any atom is 0.332 e. The number of rotatable bonds is 7. The highest BCUT2D eigenvalue weighted by molar-refractivity contribution is 5.74. The van der Waals surface area contributed by atoms with Gasteiger partial charge in [0.1, 0.15) is 18.5 Å². The van der Waals surface area contributed by atoms with Crippen LogP contribution in [0.4, 0.5) is 5.95 Å². The van der Waals surface area contributed by atoms with E-state index >= 15 is 0 Å². The summed E-state index contributed by atoms with van der Waals surface area (Å²) in [5.41, 5.74) is 0.892. The quantitative estimate of drug-likeness (QED) is 0.559. The van der Waals surface area contributed by atoms with Crippen molar-refractivity contribution in [1.29, 1.82) is 0 Å². The van der Waals surface area contributed by atoms with Crippen LogP contribution < -0.4 is 20.9 Å². The number of ether oxygens (including phenoxy) is 2. The maximum absolute atomic E-state index is 13.0. The molecule has 3 aromatic rings. The normalized spacial score (nSPS) is 15.3. The van der Waals surface area contributed by atoms with Gasteiger partial charge in [-0.3, -0.25) is 13.9 Å². The van der Waals surface area contributed by atoms with E-state index in [0.717, 1.165) is 11.0 Å². The lowest BCUT2D eigenvalue weighted by Crippen LogP contribution is -2.39. The molecule has 10 heteroatoms. The van der Waals surface area contributed by atoms with Gasteiger partial charge in [-0.2, -0.15) is 4.98 Å². The minimum Gasteiger partial charge on any atom is -0.491 e. The summed E-state index contributed by atoms with van der Waals surface area (Å²) in [4.78, 5) is 32.0. The topological polar surface area (TPSA) is 104 Å². The van der Waals surface area contributed by atoms with Crippen LogP contribution in [0.5, 0.6) is 5.75 Å². The van der Waals surface area contributed by atoms with Crippen LogP contribution in [-0.4, -0.2) is 62.8 Å². The van der Waals surface area contributed by atoms with Crippen LogP contribution in [0, 0.1) is 0 Å². The van der Waals surface area contributed by atoms with Gasteiger partial charge in [0, 0.05) is 27.2 Å². The monoisotopic (exact) mass is 443 g/mol. The molecule has 172 valence electrons. The zero-order valence-electron chi connectivity index (χ0n) is 18.7. The average molecular weight is 444 g/mol. The predicted octanol–water partition coefficient (Wildman–Crippen LogP) is 0.273. The van der Waals surface area contributed by atoms with Crippen LogP contribution in [0.1, 0.15) is 12.5 Å². The molecule has 3 heterocycles. The number of fused-ring (bicyclic) bond motifs is 1. The largest absolute Gasteiger partial charge is 0.491 e. The molecule has 10 nitrogen and oxygen atoms in total. The number of hydrogen-bond donors (Lipinski definition) is 1. The molecule has 0 aliphatic carbocycles. The van der Waals surface area contributed by atoms with Crippen LogP contribution in [0.15, 0.2) is 33.9 Å². The number of imidazole rings is 1. The molecule has 0 unspecified atom stereocenters. The first-order chi connectivity index (χ1) is 15.4. The smallest absolute Gasteiger partial charge is 0.332 e. The molecule has 1 saturated heterocycles. The van der Waals surface area contributed by atoms with E-state index in [9.17, 15) is 14.7 Å². The molecular formula is C22H29N5O5. The van der Waals surface area contributed by atoms with Crippen molar-refractivity contribution in [2.24, 2.45) is 14.1 Å². The van der Waals surface area contributed by atoms with Gasteiger partial charge in [0.2, 0.25) is 5.95 Å². The van der Waals surface area contributed by atoms with Gasteiger partial charge in [-0.15, -0.1) is 0 Å². The average Bonchev–Trinajstić information content (AvgIpc) is 3.20. The van der Waals surface area contributed by atoms with Gasteiger partial charge >= 0.3 is 5.69 Å². The molecule has 0 amide bonds. The molecular weight excluding hydrogens is 414 g/mol. The maximum atomic E-state index is 13.0. The first-order valence-electron chi connectivity index (χ1n) is 10.8. The number of aliphatic hydroxyl groups is 1. The molecule has 1 atom stereocenters. The SMILES string of the molecule is CCc1ccc(OC[C@H](O)Cn2c(N3CCOCC3)nc3c2c(=O)n(C)c(=O)n3C)cc1. The molecule has 1 aliphatic rings. The zero-order chi connectivity index (χ0) is 22.8. The molecule has 2 aromatic heterocycles. The second-order valence-electron chi connectivity index (χ2n) is 7.96. The van der Waals surface area contributed by atoms with Crippen molar-refractivity contribution in [2.45, 2.75) is 26.0 Å². The number of aromatic nitrogens is 4. The van der Waals surface area contributed by atoms with Crippen molar-refractivity contribution in [1.82, 2.24) is 18.7 Å². The fraction of sp³-hybridized carbons (Fsp3) is 0.500. The van der Waals surface area contributed by atoms with E-state index < -0.39 is 17.4 Å². The van der Waals surface area contributed by atoms with Gasteiger partial charge in [-0.25, -0.2) is 4.79 Å². The van der Waals surface area contributed by atoms with Crippen molar-refractivity contribution in [3.8, 4) is 5.75 Å². The van der Waals surface area contributed by atoms with E-state index in [-0.39, 0.29) is 18.7 Å². The van der Waals surface area contributed by atoms with Crippen molar-refractivity contribution in [3.63, 3.8) is 0 Å². The van der Waals surface area contributed by atoms with Crippen molar-refractivity contribution < 1.29 is 14.6 Å². The third-order valence-electron chi connectivity index (χ3n) is 5.79. The summed E-state index contributed by atoms with van der Waals surface area (Å²) >= 11 is 0. The number of benzene rings is 1. The van der Waals surface area contributed by atoms with Crippen LogP contribution >= 0.6 is 0 Å². The van der Waals surface area contributed by atoms with E-state index in [4.69, 9.17) is 9.47 Å². The molecule has 0 saturated carbocycles. The second-order valence-corrected chi connectivity index (χ2v) is 7.96. The minimum atomic E-state index is -0.889. The van der Waals surface area contributed by atoms with Crippen LogP contribution in [0.3, 0.4) is 0 Å². The van der Waals surface area contributed by atoms with E-state index in [0.29, 0.717) is 43.6 Å². The predicted molar refractivity (Wildman–Crippen MR) is 121 cm³/mol. The number of morpholine rings is 1. The summed E-state index contributed by atoms with van der Waals surface area (Å²) in [6.45, 7) is 4.53. The van der Waals surface area contributed by atoms with Crippen molar-refractivity contribution in [3.05, 3.63) is 50.7 Å². The lowest BCUT2D eigenvalue weighted by molar-refractivity contribution is 0.0927. The van der Waals surface area contributed by atoms with Crippen molar-refractivity contribution >= 4 is 17.1 Å². The summed E-state index contributed by atoms with van der Waals surface area (Å²) < 4.78 is 15.3. The highest BCUT2D eigenvalue weighted by Gasteiger charge is 2.25. The Bertz CT molecular complexity index is 1200. The first-order valence-corrected chi connectivity index (χ1v) is 10.8. The minimum absolute atomic E-state index is 0.0553. The zero-order valence-corrected chi connectivity index (χ0v) is 18.7. The highest BCUT2D eigenvalue weighted by atomic mass is 16.5. The Hall–Kier alpha value is -3.11. The number of hydrogen-bond acceptors (Lipinski definition) is 7. The first kappa shape index (κ1) is 22.1. The van der Waals surface area contributed by atoms with E-state index in [1.165, 1.54) is 17.2 Å². The molecule has 1 aliphatic heterocycles. The molecule has 1 fully saturated rings. The standard InChI is InChI=1S/C22H29N5O5/c1-4-15-5-7-17(8-6-15)32-14-16(28)13-27-18-19(24(2)22(30)25(3)20(18)29)23-21(27)26-9-11-31-12-10-26/h5-8,16,28H,4,9-14H2,1-3H3/t16-/m1/s1. The van der Waals surface area contributed by atoms with Crippen LogP contribution in [-0.2, 0) is 31.8 Å². The second kappa shape index (κ2) is 9.17. The van der Waals surface area contributed by atoms with Gasteiger partial charge in [0.05, 0.1) is 19.8 Å². The molecule has 1 N–H and O–H groups in total. The Balaban J connectivity index is 1.66. The van der Waals surface area contributed by atoms with E-state index in [1.807, 2.05) is 29.2 Å². The van der Waals surface area contributed by atoms with Gasteiger partial charge in [0.25, 0.3) is 5.56 Å². The van der Waals surface area contributed by atoms with Crippen LogP contribution in [0.25, 0.3) is 11.2 Å². The Labute approximate surface area is 185 Å². The van der Waals surface area contributed by atoms with Gasteiger partial charge in [-0.1, -0.05) is 19.1 Å². The lowest BCUT2D eigenvalue weighted by Gasteiger charge is -2.28. The van der Waals surface area contributed by atoms with E-state index in [2.05, 4.69) is 11.9 Å². The Morgan fingerprint density at radius 1 is 1.12 bits per heavy atom. The summed E-state index contributed by atoms with van der Waals surface area (Å²) in [7, 11) is 3.03. The van der Waals surface area contributed by atoms with Gasteiger partial charge in [-0.05, 0) is 24.1 Å². The van der Waals surface area contributed by atoms with Crippen LogP contribution in [0.2, 0.25) is 0 Å². The third-order valence-corrected chi connectivity index (χ3v) is 5.79. The lowest BCUT2D eigenvalue weighted by atomic mass is 10.2. The number of anilines is 1. The molecule has 0 bridgehead atoms. The summed E-state index contributed by atoms with van der Waals surface area (Å²) in [6, 6.07) is 7.74. The Morgan fingerprint density at radius 2 is 1.81 bits per heavy atom. The molecule has 4 rings (SSSR count). The van der Waals surface area contributed by atoms with Gasteiger partial charge in [0.15, 0.2) is 11.2 Å². The molecule has 1 aromatic carbocycles. The third kappa shape index (κ3) is 4.15. The Kier molecular flexibility index (Phi) is 6.33. The molecule has 0 radical (unpaired) electrons. The van der Waals surface area contributed by atoms with Crippen molar-refractivity contribution in [2.75, 3.05) is 37.8 Å². The molecule has 0 spiro atoms.